The highest BCUT2D eigenvalue weighted by Crippen LogP contribution is 2.32. The van der Waals surface area contributed by atoms with Crippen molar-refractivity contribution in [1.29, 1.82) is 0 Å². The van der Waals surface area contributed by atoms with Crippen LogP contribution < -0.4 is 0 Å². The van der Waals surface area contributed by atoms with Gasteiger partial charge in [-0.05, 0) is 67.1 Å². The molecular formula is C16H15BrCl2. The van der Waals surface area contributed by atoms with Gasteiger partial charge in [0.05, 0.1) is 0 Å². The maximum atomic E-state index is 5.76. The van der Waals surface area contributed by atoms with Gasteiger partial charge in [0.1, 0.15) is 0 Å². The molecule has 1 fully saturated rings. The van der Waals surface area contributed by atoms with Crippen molar-refractivity contribution in [3.63, 3.8) is 0 Å². The van der Waals surface area contributed by atoms with Gasteiger partial charge in [-0.2, -0.15) is 0 Å². The van der Waals surface area contributed by atoms with E-state index in [1.807, 2.05) is 36.4 Å². The summed E-state index contributed by atoms with van der Waals surface area (Å²) in [6.07, 6.45) is 4.09. The van der Waals surface area contributed by atoms with Gasteiger partial charge < -0.3 is 0 Å². The van der Waals surface area contributed by atoms with Gasteiger partial charge in [-0.3, -0.25) is 0 Å². The highest BCUT2D eigenvalue weighted by atomic mass is 79.9. The third kappa shape index (κ3) is 5.99. The second kappa shape index (κ2) is 7.33. The highest BCUT2D eigenvalue weighted by Gasteiger charge is 2.20. The molecule has 0 bridgehead atoms. The summed E-state index contributed by atoms with van der Waals surface area (Å²) < 4.78 is 1.06. The van der Waals surface area contributed by atoms with Gasteiger partial charge in [-0.1, -0.05) is 51.3 Å². The molecule has 0 radical (unpaired) electrons. The largest absolute Gasteiger partial charge is 0.0843 e. The normalized spacial score (nSPS) is 13.6. The standard InChI is InChI=1S/C10H11Cl.C6H4BrCl/c11-10-5-3-9(4-6-10)7-8-1-2-8;7-5-1-3-6(8)4-2-5/h3-6,8H,1-2,7H2;1-4H. The van der Waals surface area contributed by atoms with Gasteiger partial charge in [0, 0.05) is 14.5 Å². The molecule has 19 heavy (non-hydrogen) atoms. The molecule has 0 saturated heterocycles. The lowest BCUT2D eigenvalue weighted by atomic mass is 10.1. The van der Waals surface area contributed by atoms with Crippen LogP contribution in [0, 0.1) is 5.92 Å². The van der Waals surface area contributed by atoms with E-state index in [0.29, 0.717) is 0 Å². The second-order valence-corrected chi connectivity index (χ2v) is 6.50. The van der Waals surface area contributed by atoms with Crippen LogP contribution in [0.1, 0.15) is 18.4 Å². The van der Waals surface area contributed by atoms with Crippen LogP contribution in [-0.2, 0) is 6.42 Å². The third-order valence-electron chi connectivity index (χ3n) is 2.94. The first kappa shape index (κ1) is 14.9. The lowest BCUT2D eigenvalue weighted by Gasteiger charge is -1.97. The average Bonchev–Trinajstić information content (AvgIpc) is 3.21. The zero-order valence-corrected chi connectivity index (χ0v) is 13.5. The summed E-state index contributed by atoms with van der Waals surface area (Å²) in [5.41, 5.74) is 1.43. The van der Waals surface area contributed by atoms with Crippen molar-refractivity contribution in [2.45, 2.75) is 19.3 Å². The fraction of sp³-hybridized carbons (Fsp3) is 0.250. The monoisotopic (exact) mass is 356 g/mol. The lowest BCUT2D eigenvalue weighted by molar-refractivity contribution is 0.832. The number of hydrogen-bond acceptors (Lipinski definition) is 0. The molecule has 0 nitrogen and oxygen atoms in total. The molecule has 2 aromatic carbocycles. The summed E-state index contributed by atoms with van der Waals surface area (Å²) in [6.45, 7) is 0. The molecule has 100 valence electrons. The van der Waals surface area contributed by atoms with Gasteiger partial charge in [0.25, 0.3) is 0 Å². The Balaban J connectivity index is 0.000000148. The van der Waals surface area contributed by atoms with Crippen molar-refractivity contribution < 1.29 is 0 Å². The average molecular weight is 358 g/mol. The van der Waals surface area contributed by atoms with Crippen LogP contribution in [0.25, 0.3) is 0 Å². The molecule has 0 N–H and O–H groups in total. The van der Waals surface area contributed by atoms with Crippen LogP contribution in [-0.4, -0.2) is 0 Å². The lowest BCUT2D eigenvalue weighted by Crippen LogP contribution is -1.84. The van der Waals surface area contributed by atoms with Crippen molar-refractivity contribution in [1.82, 2.24) is 0 Å². The topological polar surface area (TPSA) is 0 Å². The molecule has 0 aromatic heterocycles. The maximum Gasteiger partial charge on any atom is 0.0406 e. The van der Waals surface area contributed by atoms with E-state index in [2.05, 4.69) is 28.1 Å². The van der Waals surface area contributed by atoms with E-state index < -0.39 is 0 Å². The number of hydrogen-bond donors (Lipinski definition) is 0. The van der Waals surface area contributed by atoms with Gasteiger partial charge in [-0.25, -0.2) is 0 Å². The molecule has 2 aromatic rings. The van der Waals surface area contributed by atoms with E-state index in [0.717, 1.165) is 20.4 Å². The van der Waals surface area contributed by atoms with Crippen molar-refractivity contribution in [2.75, 3.05) is 0 Å². The van der Waals surface area contributed by atoms with Crippen molar-refractivity contribution in [3.8, 4) is 0 Å². The minimum absolute atomic E-state index is 0.771. The highest BCUT2D eigenvalue weighted by molar-refractivity contribution is 9.10. The van der Waals surface area contributed by atoms with Crippen molar-refractivity contribution in [2.24, 2.45) is 5.92 Å². The first-order valence-corrected chi connectivity index (χ1v) is 7.84. The van der Waals surface area contributed by atoms with Gasteiger partial charge in [-0.15, -0.1) is 0 Å². The number of rotatable bonds is 2. The number of halogens is 3. The predicted octanol–water partition coefficient (Wildman–Crippen LogP) is 6.40. The van der Waals surface area contributed by atoms with Crippen LogP contribution in [0.4, 0.5) is 0 Å². The molecule has 3 rings (SSSR count). The molecule has 3 heteroatoms. The van der Waals surface area contributed by atoms with Crippen LogP contribution in [0.5, 0.6) is 0 Å². The van der Waals surface area contributed by atoms with E-state index in [4.69, 9.17) is 23.2 Å². The van der Waals surface area contributed by atoms with E-state index in [1.54, 1.807) is 0 Å². The Morgan fingerprint density at radius 2 is 1.32 bits per heavy atom. The minimum Gasteiger partial charge on any atom is -0.0843 e. The molecule has 0 unspecified atom stereocenters. The Bertz CT molecular complexity index is 480. The first-order valence-electron chi connectivity index (χ1n) is 6.29. The van der Waals surface area contributed by atoms with E-state index in [-0.39, 0.29) is 0 Å². The molecule has 0 atom stereocenters. The van der Waals surface area contributed by atoms with E-state index in [9.17, 15) is 0 Å². The zero-order valence-electron chi connectivity index (χ0n) is 10.5. The summed E-state index contributed by atoms with van der Waals surface area (Å²) in [5, 5.41) is 1.61. The molecular weight excluding hydrogens is 343 g/mol. The Labute approximate surface area is 132 Å². The molecule has 0 spiro atoms. The molecule has 1 aliphatic rings. The summed E-state index contributed by atoms with van der Waals surface area (Å²) in [4.78, 5) is 0. The second-order valence-electron chi connectivity index (χ2n) is 4.71. The van der Waals surface area contributed by atoms with Crippen LogP contribution in [0.3, 0.4) is 0 Å². The smallest absolute Gasteiger partial charge is 0.0406 e. The van der Waals surface area contributed by atoms with E-state index >= 15 is 0 Å². The van der Waals surface area contributed by atoms with Crippen LogP contribution in [0.2, 0.25) is 10.0 Å². The Kier molecular flexibility index (Phi) is 5.75. The van der Waals surface area contributed by atoms with Gasteiger partial charge in [0.2, 0.25) is 0 Å². The maximum absolute atomic E-state index is 5.76. The summed E-state index contributed by atoms with van der Waals surface area (Å²) >= 11 is 14.6. The molecule has 0 aliphatic heterocycles. The molecule has 0 heterocycles. The van der Waals surface area contributed by atoms with Crippen LogP contribution in [0.15, 0.2) is 53.0 Å². The summed E-state index contributed by atoms with van der Waals surface area (Å²) in [5.74, 6) is 0.969. The fourth-order valence-corrected chi connectivity index (χ4v) is 2.22. The zero-order chi connectivity index (χ0) is 13.7. The van der Waals surface area contributed by atoms with Crippen molar-refractivity contribution >= 4 is 39.1 Å². The van der Waals surface area contributed by atoms with Gasteiger partial charge in [0.15, 0.2) is 0 Å². The minimum atomic E-state index is 0.771. The molecule has 1 aliphatic carbocycles. The SMILES string of the molecule is Clc1ccc(Br)cc1.Clc1ccc(CC2CC2)cc1. The third-order valence-corrected chi connectivity index (χ3v) is 3.97. The van der Waals surface area contributed by atoms with Crippen LogP contribution >= 0.6 is 39.1 Å². The predicted molar refractivity (Wildman–Crippen MR) is 87.0 cm³/mol. The Hall–Kier alpha value is -0.500. The first-order chi connectivity index (χ1) is 9.13. The molecule has 0 amide bonds. The van der Waals surface area contributed by atoms with Gasteiger partial charge >= 0.3 is 0 Å². The molecule has 1 saturated carbocycles. The van der Waals surface area contributed by atoms with Crippen molar-refractivity contribution in [3.05, 3.63) is 68.6 Å². The Morgan fingerprint density at radius 1 is 0.842 bits per heavy atom. The Morgan fingerprint density at radius 3 is 1.74 bits per heavy atom. The van der Waals surface area contributed by atoms with E-state index in [1.165, 1.54) is 24.8 Å². The summed E-state index contributed by atoms with van der Waals surface area (Å²) in [7, 11) is 0. The fourth-order valence-electron chi connectivity index (χ4n) is 1.71. The number of benzene rings is 2. The summed E-state index contributed by atoms with van der Waals surface area (Å²) in [6, 6.07) is 15.7. The quantitative estimate of drug-likeness (QED) is 0.583.